The molecule has 1 aliphatic rings. The smallest absolute Gasteiger partial charge is 0.122 e. The molecule has 12 heavy (non-hydrogen) atoms. The molecule has 2 heterocycles. The topological polar surface area (TPSA) is 44.9 Å². The summed E-state index contributed by atoms with van der Waals surface area (Å²) < 4.78 is 2.13. The second-order valence-electron chi connectivity index (χ2n) is 2.91. The van der Waals surface area contributed by atoms with Crippen molar-refractivity contribution in [3.63, 3.8) is 0 Å². The first-order chi connectivity index (χ1) is 5.90. The zero-order chi connectivity index (χ0) is 8.39. The fraction of sp³-hybridized carbons (Fsp3) is 0.500. The predicted octanol–water partition coefficient (Wildman–Crippen LogP) is 0.222. The van der Waals surface area contributed by atoms with Crippen molar-refractivity contribution in [2.45, 2.75) is 13.1 Å². The van der Waals surface area contributed by atoms with E-state index in [-0.39, 0.29) is 0 Å². The monoisotopic (exact) mass is 162 g/mol. The Morgan fingerprint density at radius 2 is 2.50 bits per heavy atom. The van der Waals surface area contributed by atoms with Crippen molar-refractivity contribution in [2.75, 3.05) is 13.1 Å². The minimum atomic E-state index is 0.507. The molecule has 0 atom stereocenters. The van der Waals surface area contributed by atoms with Gasteiger partial charge in [-0.2, -0.15) is 5.26 Å². The van der Waals surface area contributed by atoms with Crippen molar-refractivity contribution in [3.05, 3.63) is 18.2 Å². The molecule has 0 spiro atoms. The Morgan fingerprint density at radius 1 is 1.58 bits per heavy atom. The van der Waals surface area contributed by atoms with E-state index in [0.29, 0.717) is 6.54 Å². The highest BCUT2D eigenvalue weighted by Gasteiger charge is 2.15. The molecule has 1 aromatic heterocycles. The highest BCUT2D eigenvalue weighted by atomic mass is 15.2. The zero-order valence-electron chi connectivity index (χ0n) is 6.77. The van der Waals surface area contributed by atoms with Crippen molar-refractivity contribution >= 4 is 0 Å². The standard InChI is InChI=1S/C8H10N4/c9-1-3-11-5-6-12-4-2-10-8(12)7-11/h2,4H,3,5-7H2. The maximum atomic E-state index is 8.50. The van der Waals surface area contributed by atoms with Crippen LogP contribution >= 0.6 is 0 Å². The summed E-state index contributed by atoms with van der Waals surface area (Å²) in [7, 11) is 0. The maximum Gasteiger partial charge on any atom is 0.122 e. The van der Waals surface area contributed by atoms with Crippen molar-refractivity contribution in [1.29, 1.82) is 5.26 Å². The maximum absolute atomic E-state index is 8.50. The van der Waals surface area contributed by atoms with Gasteiger partial charge >= 0.3 is 0 Å². The molecule has 0 unspecified atom stereocenters. The van der Waals surface area contributed by atoms with Crippen LogP contribution in [0, 0.1) is 11.3 Å². The molecule has 0 fully saturated rings. The number of hydrogen-bond acceptors (Lipinski definition) is 3. The summed E-state index contributed by atoms with van der Waals surface area (Å²) in [6.07, 6.45) is 3.80. The Labute approximate surface area is 71.0 Å². The second kappa shape index (κ2) is 2.95. The third kappa shape index (κ3) is 1.19. The van der Waals surface area contributed by atoms with Gasteiger partial charge in [0.25, 0.3) is 0 Å². The summed E-state index contributed by atoms with van der Waals surface area (Å²) in [4.78, 5) is 6.30. The number of imidazole rings is 1. The summed E-state index contributed by atoms with van der Waals surface area (Å²) >= 11 is 0. The number of hydrogen-bond donors (Lipinski definition) is 0. The lowest BCUT2D eigenvalue weighted by Crippen LogP contribution is -2.33. The first kappa shape index (κ1) is 7.32. The van der Waals surface area contributed by atoms with E-state index in [2.05, 4.69) is 20.5 Å². The molecule has 0 amide bonds. The van der Waals surface area contributed by atoms with Crippen LogP contribution in [0.5, 0.6) is 0 Å². The lowest BCUT2D eigenvalue weighted by atomic mass is 10.3. The number of rotatable bonds is 1. The van der Waals surface area contributed by atoms with E-state index in [4.69, 9.17) is 5.26 Å². The van der Waals surface area contributed by atoms with Gasteiger partial charge in [0, 0.05) is 25.5 Å². The molecule has 4 heteroatoms. The van der Waals surface area contributed by atoms with Crippen LogP contribution in [0.2, 0.25) is 0 Å². The molecular weight excluding hydrogens is 152 g/mol. The van der Waals surface area contributed by atoms with Gasteiger partial charge in [-0.3, -0.25) is 4.90 Å². The summed E-state index contributed by atoms with van der Waals surface area (Å²) in [5.41, 5.74) is 0. The van der Waals surface area contributed by atoms with E-state index in [1.807, 2.05) is 12.4 Å². The molecular formula is C8H10N4. The van der Waals surface area contributed by atoms with Gasteiger partial charge in [0.05, 0.1) is 19.2 Å². The Bertz CT molecular complexity index is 309. The third-order valence-electron chi connectivity index (χ3n) is 2.12. The number of aromatic nitrogens is 2. The number of fused-ring (bicyclic) bond motifs is 1. The van der Waals surface area contributed by atoms with Crippen molar-refractivity contribution in [2.24, 2.45) is 0 Å². The van der Waals surface area contributed by atoms with Gasteiger partial charge in [-0.15, -0.1) is 0 Å². The van der Waals surface area contributed by atoms with Crippen LogP contribution in [-0.2, 0) is 13.1 Å². The van der Waals surface area contributed by atoms with Gasteiger partial charge in [-0.25, -0.2) is 4.98 Å². The van der Waals surface area contributed by atoms with E-state index >= 15 is 0 Å². The van der Waals surface area contributed by atoms with Crippen LogP contribution in [0.25, 0.3) is 0 Å². The SMILES string of the molecule is N#CCN1CCn2ccnc2C1. The lowest BCUT2D eigenvalue weighted by molar-refractivity contribution is 0.242. The summed E-state index contributed by atoms with van der Waals surface area (Å²) in [6, 6.07) is 2.15. The average Bonchev–Trinajstić information content (AvgIpc) is 2.51. The van der Waals surface area contributed by atoms with E-state index in [1.165, 1.54) is 0 Å². The average molecular weight is 162 g/mol. The fourth-order valence-corrected chi connectivity index (χ4v) is 1.46. The van der Waals surface area contributed by atoms with Crippen LogP contribution in [0.15, 0.2) is 12.4 Å². The Balaban J connectivity index is 2.11. The molecule has 0 bridgehead atoms. The first-order valence-corrected chi connectivity index (χ1v) is 3.99. The summed E-state index contributed by atoms with van der Waals surface area (Å²) in [6.45, 7) is 3.22. The summed E-state index contributed by atoms with van der Waals surface area (Å²) in [5, 5.41) is 8.50. The first-order valence-electron chi connectivity index (χ1n) is 3.99. The molecule has 0 N–H and O–H groups in total. The number of nitriles is 1. The van der Waals surface area contributed by atoms with Gasteiger partial charge in [-0.05, 0) is 0 Å². The van der Waals surface area contributed by atoms with Crippen molar-refractivity contribution in [3.8, 4) is 6.07 Å². The quantitative estimate of drug-likeness (QED) is 0.555. The lowest BCUT2D eigenvalue weighted by Gasteiger charge is -2.24. The van der Waals surface area contributed by atoms with Gasteiger partial charge < -0.3 is 4.57 Å². The number of nitrogens with zero attached hydrogens (tertiary/aromatic N) is 4. The van der Waals surface area contributed by atoms with E-state index in [1.54, 1.807) is 0 Å². The Hall–Kier alpha value is -1.34. The Morgan fingerprint density at radius 3 is 3.33 bits per heavy atom. The van der Waals surface area contributed by atoms with Gasteiger partial charge in [0.15, 0.2) is 0 Å². The Kier molecular flexibility index (Phi) is 1.80. The van der Waals surface area contributed by atoms with E-state index < -0.39 is 0 Å². The third-order valence-corrected chi connectivity index (χ3v) is 2.12. The minimum absolute atomic E-state index is 0.507. The molecule has 1 aromatic rings. The van der Waals surface area contributed by atoms with Crippen molar-refractivity contribution < 1.29 is 0 Å². The van der Waals surface area contributed by atoms with Gasteiger partial charge in [0.1, 0.15) is 5.82 Å². The molecule has 0 aromatic carbocycles. The summed E-state index contributed by atoms with van der Waals surface area (Å²) in [5.74, 6) is 1.07. The predicted molar refractivity (Wildman–Crippen MR) is 43.1 cm³/mol. The second-order valence-corrected chi connectivity index (χ2v) is 2.91. The zero-order valence-corrected chi connectivity index (χ0v) is 6.77. The highest BCUT2D eigenvalue weighted by Crippen LogP contribution is 2.08. The normalized spacial score (nSPS) is 16.9. The van der Waals surface area contributed by atoms with Crippen molar-refractivity contribution in [1.82, 2.24) is 14.5 Å². The van der Waals surface area contributed by atoms with Crippen LogP contribution in [0.1, 0.15) is 5.82 Å². The van der Waals surface area contributed by atoms with Crippen LogP contribution in [0.4, 0.5) is 0 Å². The highest BCUT2D eigenvalue weighted by molar-refractivity contribution is 4.96. The molecule has 0 saturated heterocycles. The molecule has 2 rings (SSSR count). The van der Waals surface area contributed by atoms with E-state index in [9.17, 15) is 0 Å². The molecule has 62 valence electrons. The molecule has 0 aliphatic carbocycles. The van der Waals surface area contributed by atoms with Gasteiger partial charge in [0.2, 0.25) is 0 Å². The largest absolute Gasteiger partial charge is 0.333 e. The molecule has 1 aliphatic heterocycles. The molecule has 0 saturated carbocycles. The fourth-order valence-electron chi connectivity index (χ4n) is 1.46. The van der Waals surface area contributed by atoms with Gasteiger partial charge in [-0.1, -0.05) is 0 Å². The minimum Gasteiger partial charge on any atom is -0.333 e. The molecule has 0 radical (unpaired) electrons. The van der Waals surface area contributed by atoms with Crippen LogP contribution in [-0.4, -0.2) is 27.5 Å². The van der Waals surface area contributed by atoms with Crippen LogP contribution < -0.4 is 0 Å². The van der Waals surface area contributed by atoms with E-state index in [0.717, 1.165) is 25.5 Å². The molecule has 4 nitrogen and oxygen atoms in total. The van der Waals surface area contributed by atoms with Crippen LogP contribution in [0.3, 0.4) is 0 Å².